The second-order valence-corrected chi connectivity index (χ2v) is 6.75. The summed E-state index contributed by atoms with van der Waals surface area (Å²) in [5, 5.41) is 11.0. The molecule has 30 heavy (non-hydrogen) atoms. The molecule has 2 aromatic rings. The molecule has 0 saturated carbocycles. The lowest BCUT2D eigenvalue weighted by atomic mass is 9.96. The van der Waals surface area contributed by atoms with E-state index in [0.717, 1.165) is 0 Å². The van der Waals surface area contributed by atoms with E-state index in [4.69, 9.17) is 9.47 Å². The Morgan fingerprint density at radius 3 is 2.67 bits per heavy atom. The Kier molecular flexibility index (Phi) is 6.98. The maximum absolute atomic E-state index is 12.9. The van der Waals surface area contributed by atoms with Crippen LogP contribution >= 0.6 is 0 Å². The van der Waals surface area contributed by atoms with E-state index in [9.17, 15) is 14.7 Å². The first kappa shape index (κ1) is 21.3. The summed E-state index contributed by atoms with van der Waals surface area (Å²) >= 11 is 0. The van der Waals surface area contributed by atoms with E-state index in [1.54, 1.807) is 62.0 Å². The second-order valence-electron chi connectivity index (χ2n) is 6.75. The minimum atomic E-state index is -0.717. The van der Waals surface area contributed by atoms with E-state index in [2.05, 4.69) is 11.6 Å². The maximum atomic E-state index is 12.9. The number of Topliss-reactive ketones (excluding diaryl/α,β-unsaturated/α-hetero) is 1. The van der Waals surface area contributed by atoms with Crippen molar-refractivity contribution in [1.82, 2.24) is 9.88 Å². The van der Waals surface area contributed by atoms with Gasteiger partial charge in [0.1, 0.15) is 18.1 Å². The summed E-state index contributed by atoms with van der Waals surface area (Å²) in [6.07, 6.45) is 5.41. The normalized spacial score (nSPS) is 17.9. The van der Waals surface area contributed by atoms with Crippen LogP contribution < -0.4 is 4.74 Å². The second kappa shape index (κ2) is 9.84. The third kappa shape index (κ3) is 4.41. The highest BCUT2D eigenvalue weighted by molar-refractivity contribution is 6.46. The molecule has 1 N–H and O–H groups in total. The number of hydrogen-bond acceptors (Lipinski definition) is 6. The molecule has 0 spiro atoms. The number of aromatic nitrogens is 1. The fourth-order valence-corrected chi connectivity index (χ4v) is 3.39. The van der Waals surface area contributed by atoms with Crippen LogP contribution in [0.1, 0.15) is 23.6 Å². The summed E-state index contributed by atoms with van der Waals surface area (Å²) in [6, 6.07) is 9.47. The highest BCUT2D eigenvalue weighted by atomic mass is 16.5. The van der Waals surface area contributed by atoms with Gasteiger partial charge in [-0.25, -0.2) is 0 Å². The molecule has 1 aliphatic rings. The predicted molar refractivity (Wildman–Crippen MR) is 112 cm³/mol. The molecule has 2 heterocycles. The molecule has 7 nitrogen and oxygen atoms in total. The van der Waals surface area contributed by atoms with Gasteiger partial charge in [-0.15, -0.1) is 0 Å². The molecule has 7 heteroatoms. The van der Waals surface area contributed by atoms with Crippen molar-refractivity contribution in [1.29, 1.82) is 0 Å². The topological polar surface area (TPSA) is 89.0 Å². The number of nitrogens with zero attached hydrogens (tertiary/aromatic N) is 2. The Morgan fingerprint density at radius 2 is 2.03 bits per heavy atom. The number of aliphatic hydroxyl groups excluding tert-OH is 1. The van der Waals surface area contributed by atoms with E-state index in [-0.39, 0.29) is 11.3 Å². The average Bonchev–Trinajstić information content (AvgIpc) is 3.03. The molecule has 0 aliphatic carbocycles. The molecule has 1 saturated heterocycles. The molecule has 1 atom stereocenters. The van der Waals surface area contributed by atoms with Crippen LogP contribution in [0.4, 0.5) is 0 Å². The smallest absolute Gasteiger partial charge is 0.295 e. The average molecular weight is 408 g/mol. The van der Waals surface area contributed by atoms with Gasteiger partial charge in [-0.2, -0.15) is 0 Å². The first-order valence-corrected chi connectivity index (χ1v) is 9.60. The van der Waals surface area contributed by atoms with Crippen molar-refractivity contribution in [2.24, 2.45) is 0 Å². The van der Waals surface area contributed by atoms with Crippen molar-refractivity contribution in [3.63, 3.8) is 0 Å². The van der Waals surface area contributed by atoms with Gasteiger partial charge < -0.3 is 19.5 Å². The van der Waals surface area contributed by atoms with Crippen molar-refractivity contribution in [3.05, 3.63) is 78.1 Å². The van der Waals surface area contributed by atoms with Gasteiger partial charge in [0.2, 0.25) is 0 Å². The van der Waals surface area contributed by atoms with Crippen LogP contribution in [0.15, 0.2) is 67.0 Å². The molecule has 1 fully saturated rings. The van der Waals surface area contributed by atoms with E-state index >= 15 is 0 Å². The first-order valence-electron chi connectivity index (χ1n) is 9.60. The molecule has 0 radical (unpaired) electrons. The van der Waals surface area contributed by atoms with Gasteiger partial charge in [-0.05, 0) is 42.3 Å². The zero-order chi connectivity index (χ0) is 21.5. The lowest BCUT2D eigenvalue weighted by Gasteiger charge is -2.25. The van der Waals surface area contributed by atoms with Crippen molar-refractivity contribution in [2.45, 2.75) is 12.5 Å². The molecular weight excluding hydrogens is 384 g/mol. The number of likely N-dealkylation sites (tertiary alicyclic amines) is 1. The number of ketones is 1. The summed E-state index contributed by atoms with van der Waals surface area (Å²) < 4.78 is 10.5. The van der Waals surface area contributed by atoms with Gasteiger partial charge in [0.25, 0.3) is 11.7 Å². The summed E-state index contributed by atoms with van der Waals surface area (Å²) in [5.74, 6) is -0.986. The van der Waals surface area contributed by atoms with Crippen LogP contribution in [0.5, 0.6) is 5.75 Å². The Labute approximate surface area is 175 Å². The minimum Gasteiger partial charge on any atom is -0.507 e. The third-order valence-electron chi connectivity index (χ3n) is 4.78. The van der Waals surface area contributed by atoms with Crippen LogP contribution in [0.3, 0.4) is 0 Å². The number of amides is 1. The summed E-state index contributed by atoms with van der Waals surface area (Å²) in [4.78, 5) is 31.2. The SMILES string of the molecule is C=CCOc1ccc(/C(O)=C2\C(=O)C(=O)N(CCCOC)[C@@H]2c2cccnc2)cc1. The van der Waals surface area contributed by atoms with Crippen LogP contribution in [0.2, 0.25) is 0 Å². The number of pyridine rings is 1. The number of aliphatic hydroxyl groups is 1. The van der Waals surface area contributed by atoms with Crippen molar-refractivity contribution >= 4 is 17.4 Å². The Morgan fingerprint density at radius 1 is 1.27 bits per heavy atom. The van der Waals surface area contributed by atoms with Crippen molar-refractivity contribution < 1.29 is 24.2 Å². The molecule has 156 valence electrons. The third-order valence-corrected chi connectivity index (χ3v) is 4.78. The van der Waals surface area contributed by atoms with Crippen LogP contribution in [-0.4, -0.2) is 53.5 Å². The number of methoxy groups -OCH3 is 1. The minimum absolute atomic E-state index is 0.0465. The van der Waals surface area contributed by atoms with E-state index < -0.39 is 17.7 Å². The van der Waals surface area contributed by atoms with E-state index in [1.807, 2.05) is 0 Å². The van der Waals surface area contributed by atoms with E-state index in [0.29, 0.717) is 43.1 Å². The molecule has 1 aromatic carbocycles. The van der Waals surface area contributed by atoms with Crippen molar-refractivity contribution in [2.75, 3.05) is 26.9 Å². The standard InChI is InChI=1S/C23H24N2O5/c1-3-13-30-18-9-7-16(8-10-18)21(26)19-20(17-6-4-11-24-15-17)25(12-5-14-29-2)23(28)22(19)27/h3-4,6-11,15,20,26H,1,5,12-14H2,2H3/b21-19+/t20-/m1/s1. The molecular formula is C23H24N2O5. The largest absolute Gasteiger partial charge is 0.507 e. The zero-order valence-electron chi connectivity index (χ0n) is 16.8. The van der Waals surface area contributed by atoms with Crippen molar-refractivity contribution in [3.8, 4) is 5.75 Å². The highest BCUT2D eigenvalue weighted by Gasteiger charge is 2.45. The Hall–Kier alpha value is -3.45. The number of ether oxygens (including phenoxy) is 2. The van der Waals surface area contributed by atoms with Gasteiger partial charge in [0, 0.05) is 38.2 Å². The van der Waals surface area contributed by atoms with Gasteiger partial charge in [0.05, 0.1) is 11.6 Å². The quantitative estimate of drug-likeness (QED) is 0.225. The monoisotopic (exact) mass is 408 g/mol. The molecule has 1 aromatic heterocycles. The lowest BCUT2D eigenvalue weighted by molar-refractivity contribution is -0.140. The van der Waals surface area contributed by atoms with Crippen LogP contribution in [0, 0.1) is 0 Å². The predicted octanol–water partition coefficient (Wildman–Crippen LogP) is 3.10. The highest BCUT2D eigenvalue weighted by Crippen LogP contribution is 2.39. The number of rotatable bonds is 9. The fraction of sp³-hybridized carbons (Fsp3) is 0.261. The Balaban J connectivity index is 2.01. The number of benzene rings is 1. The van der Waals surface area contributed by atoms with E-state index in [1.165, 1.54) is 4.90 Å². The fourth-order valence-electron chi connectivity index (χ4n) is 3.39. The van der Waals surface area contributed by atoms with Gasteiger partial charge in [-0.3, -0.25) is 14.6 Å². The van der Waals surface area contributed by atoms with Gasteiger partial charge in [-0.1, -0.05) is 18.7 Å². The molecule has 1 aliphatic heterocycles. The van der Waals surface area contributed by atoms with Gasteiger partial charge >= 0.3 is 0 Å². The van der Waals surface area contributed by atoms with Crippen LogP contribution in [0.25, 0.3) is 5.76 Å². The molecule has 1 amide bonds. The zero-order valence-corrected chi connectivity index (χ0v) is 16.8. The summed E-state index contributed by atoms with van der Waals surface area (Å²) in [7, 11) is 1.58. The van der Waals surface area contributed by atoms with Gasteiger partial charge in [0.15, 0.2) is 0 Å². The number of carbonyl (C=O) groups excluding carboxylic acids is 2. The molecule has 0 bridgehead atoms. The summed E-state index contributed by atoms with van der Waals surface area (Å²) in [6.45, 7) is 4.74. The lowest BCUT2D eigenvalue weighted by Crippen LogP contribution is -2.31. The molecule has 0 unspecified atom stereocenters. The first-order chi connectivity index (χ1) is 14.6. The maximum Gasteiger partial charge on any atom is 0.295 e. The molecule has 3 rings (SSSR count). The summed E-state index contributed by atoms with van der Waals surface area (Å²) in [5.41, 5.74) is 1.12. The number of carbonyl (C=O) groups is 2. The Bertz CT molecular complexity index is 938. The van der Waals surface area contributed by atoms with Crippen LogP contribution in [-0.2, 0) is 14.3 Å². The number of hydrogen-bond donors (Lipinski definition) is 1.